The molecule has 1 aromatic carbocycles. The molecular formula is C24H30N2O8. The molecule has 10 nitrogen and oxygen atoms in total. The second-order valence-electron chi connectivity index (χ2n) is 8.71. The van der Waals surface area contributed by atoms with Gasteiger partial charge in [-0.1, -0.05) is 0 Å². The molecule has 0 radical (unpaired) electrons. The quantitative estimate of drug-likeness (QED) is 0.454. The van der Waals surface area contributed by atoms with Crippen molar-refractivity contribution in [3.05, 3.63) is 34.9 Å². The van der Waals surface area contributed by atoms with Crippen molar-refractivity contribution in [3.63, 3.8) is 0 Å². The minimum atomic E-state index is -1.15. The average Bonchev–Trinajstić information content (AvgIpc) is 3.49. The van der Waals surface area contributed by atoms with E-state index in [1.54, 1.807) is 12.1 Å². The van der Waals surface area contributed by atoms with Crippen molar-refractivity contribution in [1.82, 2.24) is 10.2 Å². The molecular weight excluding hydrogens is 444 g/mol. The highest BCUT2D eigenvalue weighted by Gasteiger charge is 2.51. The predicted octanol–water partition coefficient (Wildman–Crippen LogP) is 0.158. The van der Waals surface area contributed by atoms with Crippen molar-refractivity contribution < 1.29 is 38.8 Å². The van der Waals surface area contributed by atoms with Crippen LogP contribution in [0.5, 0.6) is 11.5 Å². The molecule has 34 heavy (non-hydrogen) atoms. The van der Waals surface area contributed by atoms with Gasteiger partial charge in [-0.2, -0.15) is 0 Å². The third-order valence-corrected chi connectivity index (χ3v) is 6.60. The molecule has 1 fully saturated rings. The Balaban J connectivity index is 1.77. The fourth-order valence-corrected chi connectivity index (χ4v) is 5.03. The largest absolute Gasteiger partial charge is 0.493 e. The second kappa shape index (κ2) is 10.1. The molecule has 0 aromatic heterocycles. The van der Waals surface area contributed by atoms with Crippen LogP contribution in [0, 0.1) is 0 Å². The van der Waals surface area contributed by atoms with E-state index in [1.807, 2.05) is 0 Å². The van der Waals surface area contributed by atoms with E-state index in [4.69, 9.17) is 14.2 Å². The number of carbonyl (C=O) groups excluding carboxylic acids is 3. The van der Waals surface area contributed by atoms with Gasteiger partial charge in [0.1, 0.15) is 18.5 Å². The Hall–Kier alpha value is -2.95. The van der Waals surface area contributed by atoms with Crippen molar-refractivity contribution in [2.24, 2.45) is 0 Å². The first kappa shape index (κ1) is 24.2. The molecule has 10 heteroatoms. The summed E-state index contributed by atoms with van der Waals surface area (Å²) >= 11 is 0. The summed E-state index contributed by atoms with van der Waals surface area (Å²) in [4.78, 5) is 38.8. The Kier molecular flexibility index (Phi) is 7.20. The average molecular weight is 475 g/mol. The fourth-order valence-electron chi connectivity index (χ4n) is 5.03. The molecule has 2 amide bonds. The van der Waals surface area contributed by atoms with Gasteiger partial charge in [-0.3, -0.25) is 14.4 Å². The number of ether oxygens (including phenoxy) is 3. The number of nitrogens with zero attached hydrogens (tertiary/aromatic N) is 1. The Morgan fingerprint density at radius 1 is 1.35 bits per heavy atom. The van der Waals surface area contributed by atoms with Gasteiger partial charge < -0.3 is 34.6 Å². The van der Waals surface area contributed by atoms with Crippen LogP contribution in [-0.4, -0.2) is 91.0 Å². The summed E-state index contributed by atoms with van der Waals surface area (Å²) in [5, 5.41) is 23.2. The summed E-state index contributed by atoms with van der Waals surface area (Å²) in [7, 11) is 1.44. The van der Waals surface area contributed by atoms with Crippen LogP contribution in [0.25, 0.3) is 0 Å². The van der Waals surface area contributed by atoms with Crippen LogP contribution in [0.15, 0.2) is 23.8 Å². The van der Waals surface area contributed by atoms with E-state index < -0.39 is 30.1 Å². The predicted molar refractivity (Wildman–Crippen MR) is 120 cm³/mol. The highest BCUT2D eigenvalue weighted by molar-refractivity contribution is 5.96. The highest BCUT2D eigenvalue weighted by atomic mass is 16.5. The first-order chi connectivity index (χ1) is 16.4. The van der Waals surface area contributed by atoms with E-state index in [1.165, 1.54) is 25.0 Å². The van der Waals surface area contributed by atoms with E-state index in [0.29, 0.717) is 35.5 Å². The third-order valence-electron chi connectivity index (χ3n) is 6.60. The SMILES string of the molecule is COc1cc(C=O)cc2c1O[C@@H]1[C@@H](O)[C@H](N(C[C@H]3CCCO3)C(C)=O)C=C(C(=O)NCCO)[C@H]21. The molecule has 0 spiro atoms. The lowest BCUT2D eigenvalue weighted by atomic mass is 9.77. The van der Waals surface area contributed by atoms with Crippen LogP contribution in [0.4, 0.5) is 0 Å². The lowest BCUT2D eigenvalue weighted by Gasteiger charge is -2.41. The molecule has 1 saturated heterocycles. The molecule has 2 heterocycles. The number of amides is 2. The molecule has 0 saturated carbocycles. The molecule has 184 valence electrons. The van der Waals surface area contributed by atoms with Gasteiger partial charge in [0.05, 0.1) is 31.8 Å². The Morgan fingerprint density at radius 2 is 2.15 bits per heavy atom. The van der Waals surface area contributed by atoms with Crippen LogP contribution < -0.4 is 14.8 Å². The number of aliphatic hydroxyl groups is 2. The Bertz CT molecular complexity index is 987. The standard InChI is InChI=1S/C24H30N2O8/c1-13(29)26(11-15-4-3-7-33-15)18-10-17(24(31)25-5-6-27)20-16-8-14(12-28)9-19(32-2)22(16)34-23(20)21(18)30/h8-10,12,15,18,20-21,23,27,30H,3-7,11H2,1-2H3,(H,25,31)/t15-,18-,20+,21+,23+/m1/s1. The number of nitrogens with one attached hydrogen (secondary N) is 1. The van der Waals surface area contributed by atoms with Crippen LogP contribution in [0.2, 0.25) is 0 Å². The van der Waals surface area contributed by atoms with E-state index in [9.17, 15) is 24.6 Å². The van der Waals surface area contributed by atoms with Crippen molar-refractivity contribution in [2.45, 2.75) is 50.0 Å². The molecule has 3 N–H and O–H groups in total. The van der Waals surface area contributed by atoms with E-state index in [2.05, 4.69) is 5.32 Å². The number of carbonyl (C=O) groups is 3. The van der Waals surface area contributed by atoms with Crippen LogP contribution in [0.1, 0.15) is 41.6 Å². The number of aliphatic hydroxyl groups excluding tert-OH is 2. The zero-order valence-electron chi connectivity index (χ0n) is 19.2. The van der Waals surface area contributed by atoms with Crippen LogP contribution in [-0.2, 0) is 14.3 Å². The number of rotatable bonds is 8. The summed E-state index contributed by atoms with van der Waals surface area (Å²) in [5.41, 5.74) is 1.18. The first-order valence-electron chi connectivity index (χ1n) is 11.4. The number of aldehydes is 1. The number of hydrogen-bond acceptors (Lipinski definition) is 8. The molecule has 2 aliphatic heterocycles. The minimum Gasteiger partial charge on any atom is -0.493 e. The van der Waals surface area contributed by atoms with E-state index >= 15 is 0 Å². The summed E-state index contributed by atoms with van der Waals surface area (Å²) in [6.45, 7) is 2.11. The van der Waals surface area contributed by atoms with Crippen molar-refractivity contribution in [1.29, 1.82) is 0 Å². The molecule has 1 aliphatic carbocycles. The lowest BCUT2D eigenvalue weighted by Crippen LogP contribution is -2.56. The molecule has 3 aliphatic rings. The van der Waals surface area contributed by atoms with E-state index in [0.717, 1.165) is 12.8 Å². The summed E-state index contributed by atoms with van der Waals surface area (Å²) < 4.78 is 17.2. The van der Waals surface area contributed by atoms with Gasteiger partial charge in [-0.15, -0.1) is 0 Å². The van der Waals surface area contributed by atoms with Gasteiger partial charge in [0.25, 0.3) is 0 Å². The molecule has 0 unspecified atom stereocenters. The van der Waals surface area contributed by atoms with Crippen LogP contribution in [0.3, 0.4) is 0 Å². The zero-order chi connectivity index (χ0) is 24.4. The maximum absolute atomic E-state index is 13.2. The Morgan fingerprint density at radius 3 is 2.76 bits per heavy atom. The van der Waals surface area contributed by atoms with Crippen molar-refractivity contribution in [2.75, 3.05) is 33.4 Å². The zero-order valence-corrected chi connectivity index (χ0v) is 19.2. The molecule has 0 bridgehead atoms. The van der Waals surface area contributed by atoms with Crippen LogP contribution >= 0.6 is 0 Å². The minimum absolute atomic E-state index is 0.0402. The van der Waals surface area contributed by atoms with Gasteiger partial charge in [0.15, 0.2) is 11.5 Å². The number of hydrogen-bond donors (Lipinski definition) is 3. The third kappa shape index (κ3) is 4.40. The lowest BCUT2D eigenvalue weighted by molar-refractivity contribution is -0.137. The number of fused-ring (bicyclic) bond motifs is 3. The van der Waals surface area contributed by atoms with E-state index in [-0.39, 0.29) is 37.3 Å². The first-order valence-corrected chi connectivity index (χ1v) is 11.4. The topological polar surface area (TPSA) is 135 Å². The van der Waals surface area contributed by atoms with Crippen molar-refractivity contribution >= 4 is 18.1 Å². The van der Waals surface area contributed by atoms with Crippen molar-refractivity contribution in [3.8, 4) is 11.5 Å². The molecule has 5 atom stereocenters. The highest BCUT2D eigenvalue weighted by Crippen LogP contribution is 2.51. The van der Waals surface area contributed by atoms with Gasteiger partial charge in [0, 0.05) is 43.3 Å². The van der Waals surface area contributed by atoms with Gasteiger partial charge in [0.2, 0.25) is 11.8 Å². The smallest absolute Gasteiger partial charge is 0.247 e. The monoisotopic (exact) mass is 474 g/mol. The summed E-state index contributed by atoms with van der Waals surface area (Å²) in [5.74, 6) is -0.743. The van der Waals surface area contributed by atoms with Gasteiger partial charge in [-0.25, -0.2) is 0 Å². The normalized spacial score (nSPS) is 27.2. The maximum Gasteiger partial charge on any atom is 0.247 e. The maximum atomic E-state index is 13.2. The molecule has 1 aromatic rings. The number of benzene rings is 1. The summed E-state index contributed by atoms with van der Waals surface area (Å²) in [6, 6.07) is 2.32. The Labute approximate surface area is 197 Å². The summed E-state index contributed by atoms with van der Waals surface area (Å²) in [6.07, 6.45) is 1.78. The van der Waals surface area contributed by atoms with Gasteiger partial charge >= 0.3 is 0 Å². The number of methoxy groups -OCH3 is 1. The van der Waals surface area contributed by atoms with Gasteiger partial charge in [-0.05, 0) is 31.1 Å². The molecule has 4 rings (SSSR count). The fraction of sp³-hybridized carbons (Fsp3) is 0.542. The second-order valence-corrected chi connectivity index (χ2v) is 8.71.